The Morgan fingerprint density at radius 1 is 0.653 bits per heavy atom. The monoisotopic (exact) mass is 647 g/mol. The maximum absolute atomic E-state index is 8.39. The zero-order valence-electron chi connectivity index (χ0n) is 27.1. The highest BCUT2D eigenvalue weighted by atomic mass is 32.1. The van der Waals surface area contributed by atoms with E-state index in [0.29, 0.717) is 5.84 Å². The van der Waals surface area contributed by atoms with Crippen LogP contribution < -0.4 is 16.2 Å². The topological polar surface area (TPSA) is 62.2 Å². The van der Waals surface area contributed by atoms with E-state index in [4.69, 9.17) is 11.1 Å². The summed E-state index contributed by atoms with van der Waals surface area (Å²) in [6.07, 6.45) is 4.54. The van der Waals surface area contributed by atoms with Crippen molar-refractivity contribution in [3.63, 3.8) is 0 Å². The molecule has 0 saturated carbocycles. The van der Waals surface area contributed by atoms with Gasteiger partial charge in [-0.05, 0) is 79.4 Å². The van der Waals surface area contributed by atoms with Crippen LogP contribution in [0.25, 0.3) is 71.1 Å². The summed E-state index contributed by atoms with van der Waals surface area (Å²) in [6.45, 7) is 6.72. The molecule has 0 spiro atoms. The molecule has 4 heteroatoms. The van der Waals surface area contributed by atoms with Crippen molar-refractivity contribution >= 4 is 83.0 Å². The number of benzene rings is 7. The van der Waals surface area contributed by atoms with Gasteiger partial charge in [0.25, 0.3) is 0 Å². The molecule has 49 heavy (non-hydrogen) atoms. The number of hydrogen-bond acceptors (Lipinski definition) is 2. The lowest BCUT2D eigenvalue weighted by Gasteiger charge is -2.11. The van der Waals surface area contributed by atoms with E-state index in [0.717, 1.165) is 32.7 Å². The molecule has 3 nitrogen and oxygen atoms in total. The number of aliphatic imine (C=N–C) groups is 1. The van der Waals surface area contributed by atoms with Gasteiger partial charge in [-0.1, -0.05) is 140 Å². The SMILES string of the molecule is C=c1/c(=C\C(=C/C)c2cccc3sc4cccc(-c5ccc(C(N)=NC(=N)c6ccccc6)cc5)c4c23)c2ccccc2c2ccccc12. The summed E-state index contributed by atoms with van der Waals surface area (Å²) in [6, 6.07) is 48.0. The van der Waals surface area contributed by atoms with E-state index >= 15 is 0 Å². The van der Waals surface area contributed by atoms with E-state index in [2.05, 4.69) is 128 Å². The minimum atomic E-state index is 0.142. The summed E-state index contributed by atoms with van der Waals surface area (Å²) in [7, 11) is 0. The summed E-state index contributed by atoms with van der Waals surface area (Å²) in [5.41, 5.74) is 12.5. The summed E-state index contributed by atoms with van der Waals surface area (Å²) in [5.74, 6) is 0.463. The van der Waals surface area contributed by atoms with Gasteiger partial charge in [-0.3, -0.25) is 5.41 Å². The number of thiophene rings is 1. The van der Waals surface area contributed by atoms with E-state index in [1.165, 1.54) is 52.8 Å². The first-order valence-corrected chi connectivity index (χ1v) is 17.1. The first kappa shape index (κ1) is 30.2. The highest BCUT2D eigenvalue weighted by molar-refractivity contribution is 7.26. The second kappa shape index (κ2) is 12.5. The molecule has 7 aromatic carbocycles. The van der Waals surface area contributed by atoms with Crippen molar-refractivity contribution in [2.75, 3.05) is 0 Å². The average Bonchev–Trinajstić information content (AvgIpc) is 3.55. The molecule has 0 aliphatic rings. The van der Waals surface area contributed by atoms with Crippen molar-refractivity contribution in [1.82, 2.24) is 0 Å². The van der Waals surface area contributed by atoms with E-state index in [1.54, 1.807) is 0 Å². The number of nitrogens with zero attached hydrogens (tertiary/aromatic N) is 1. The largest absolute Gasteiger partial charge is 0.383 e. The van der Waals surface area contributed by atoms with Crippen LogP contribution in [0.5, 0.6) is 0 Å². The Morgan fingerprint density at radius 2 is 1.27 bits per heavy atom. The van der Waals surface area contributed by atoms with Crippen LogP contribution in [0.4, 0.5) is 0 Å². The molecule has 8 aromatic rings. The van der Waals surface area contributed by atoms with Crippen molar-refractivity contribution in [3.8, 4) is 11.1 Å². The van der Waals surface area contributed by atoms with Gasteiger partial charge in [-0.15, -0.1) is 11.3 Å². The van der Waals surface area contributed by atoms with Gasteiger partial charge in [0.05, 0.1) is 0 Å². The molecule has 0 fully saturated rings. The van der Waals surface area contributed by atoms with Crippen molar-refractivity contribution in [2.45, 2.75) is 6.92 Å². The Labute approximate surface area is 288 Å². The number of amidine groups is 2. The van der Waals surface area contributed by atoms with Gasteiger partial charge in [0.15, 0.2) is 5.84 Å². The second-order valence-electron chi connectivity index (χ2n) is 12.1. The molecule has 0 aliphatic carbocycles. The first-order chi connectivity index (χ1) is 24.0. The van der Waals surface area contributed by atoms with Gasteiger partial charge >= 0.3 is 0 Å². The minimum Gasteiger partial charge on any atom is -0.383 e. The van der Waals surface area contributed by atoms with Gasteiger partial charge < -0.3 is 5.73 Å². The number of nitrogens with two attached hydrogens (primary N) is 1. The molecule has 0 saturated heterocycles. The molecular formula is C45H33N3S. The molecule has 234 valence electrons. The van der Waals surface area contributed by atoms with Crippen LogP contribution in [0.3, 0.4) is 0 Å². The van der Waals surface area contributed by atoms with Crippen molar-refractivity contribution in [1.29, 1.82) is 5.41 Å². The van der Waals surface area contributed by atoms with Gasteiger partial charge in [0, 0.05) is 31.3 Å². The third kappa shape index (κ3) is 5.33. The van der Waals surface area contributed by atoms with Gasteiger partial charge in [0.2, 0.25) is 0 Å². The fourth-order valence-electron chi connectivity index (χ4n) is 6.89. The molecule has 0 bridgehead atoms. The smallest absolute Gasteiger partial charge is 0.154 e. The van der Waals surface area contributed by atoms with Gasteiger partial charge in [-0.25, -0.2) is 4.99 Å². The van der Waals surface area contributed by atoms with Crippen LogP contribution in [0.2, 0.25) is 0 Å². The summed E-state index contributed by atoms with van der Waals surface area (Å²) in [5, 5.41) is 17.9. The second-order valence-corrected chi connectivity index (χ2v) is 13.2. The molecule has 8 rings (SSSR count). The van der Waals surface area contributed by atoms with Crippen LogP contribution in [0.15, 0.2) is 151 Å². The number of nitrogens with one attached hydrogen (secondary N) is 1. The van der Waals surface area contributed by atoms with Crippen LogP contribution >= 0.6 is 11.3 Å². The van der Waals surface area contributed by atoms with Crippen LogP contribution in [0, 0.1) is 5.41 Å². The lowest BCUT2D eigenvalue weighted by Crippen LogP contribution is -2.25. The number of allylic oxidation sites excluding steroid dienone is 2. The van der Waals surface area contributed by atoms with Gasteiger partial charge in [0.1, 0.15) is 5.84 Å². The van der Waals surface area contributed by atoms with E-state index in [1.807, 2.05) is 53.8 Å². The van der Waals surface area contributed by atoms with E-state index in [9.17, 15) is 0 Å². The van der Waals surface area contributed by atoms with Crippen molar-refractivity contribution in [2.24, 2.45) is 10.7 Å². The summed E-state index contributed by atoms with van der Waals surface area (Å²) < 4.78 is 2.49. The Hall–Kier alpha value is -6.10. The average molecular weight is 648 g/mol. The lowest BCUT2D eigenvalue weighted by molar-refractivity contribution is 1.40. The molecule has 0 aliphatic heterocycles. The fraction of sp³-hybridized carbons (Fsp3) is 0.0222. The molecular weight excluding hydrogens is 615 g/mol. The van der Waals surface area contributed by atoms with Crippen molar-refractivity contribution < 1.29 is 0 Å². The Balaban J connectivity index is 1.27. The number of hydrogen-bond donors (Lipinski definition) is 2. The molecule has 0 unspecified atom stereocenters. The predicted octanol–water partition coefficient (Wildman–Crippen LogP) is 10.1. The third-order valence-corrected chi connectivity index (χ3v) is 10.4. The predicted molar refractivity (Wildman–Crippen MR) is 213 cm³/mol. The Morgan fingerprint density at radius 3 is 1.98 bits per heavy atom. The fourth-order valence-corrected chi connectivity index (χ4v) is 8.05. The molecule has 0 radical (unpaired) electrons. The summed E-state index contributed by atoms with van der Waals surface area (Å²) in [4.78, 5) is 4.38. The highest BCUT2D eigenvalue weighted by Crippen LogP contribution is 2.43. The van der Waals surface area contributed by atoms with E-state index in [-0.39, 0.29) is 5.84 Å². The maximum atomic E-state index is 8.39. The lowest BCUT2D eigenvalue weighted by atomic mass is 9.92. The quantitative estimate of drug-likeness (QED) is 0.109. The summed E-state index contributed by atoms with van der Waals surface area (Å²) >= 11 is 1.82. The highest BCUT2D eigenvalue weighted by Gasteiger charge is 2.16. The maximum Gasteiger partial charge on any atom is 0.154 e. The normalized spacial score (nSPS) is 12.8. The molecule has 1 aromatic heterocycles. The van der Waals surface area contributed by atoms with Crippen LogP contribution in [-0.4, -0.2) is 11.7 Å². The minimum absolute atomic E-state index is 0.142. The zero-order chi connectivity index (χ0) is 33.5. The number of fused-ring (bicyclic) bond motifs is 6. The number of rotatable bonds is 5. The van der Waals surface area contributed by atoms with Crippen LogP contribution in [-0.2, 0) is 0 Å². The standard InChI is InChI=1S/C45H33N3S/c1-3-29(27-39-28(2)33-15-7-8-16-36(33)37-17-9-10-18-38(37)39)34-19-11-21-40-42(34)43-35(20-12-22-41(43)49-40)30-23-25-32(26-24-30)45(47)48-44(46)31-13-5-4-6-14-31/h3-27H,2H2,1H3,(H3,46,47,48)/b29-3+,39-27+. The Bertz CT molecular complexity index is 2750. The molecule has 0 amide bonds. The zero-order valence-corrected chi connectivity index (χ0v) is 27.9. The molecule has 3 N–H and O–H groups in total. The van der Waals surface area contributed by atoms with Gasteiger partial charge in [-0.2, -0.15) is 0 Å². The third-order valence-electron chi connectivity index (χ3n) is 9.30. The van der Waals surface area contributed by atoms with Crippen molar-refractivity contribution in [3.05, 3.63) is 173 Å². The van der Waals surface area contributed by atoms with E-state index < -0.39 is 0 Å². The first-order valence-electron chi connectivity index (χ1n) is 16.3. The Kier molecular flexibility index (Phi) is 7.71. The van der Waals surface area contributed by atoms with Crippen LogP contribution in [0.1, 0.15) is 23.6 Å². The molecule has 1 heterocycles. The molecule has 0 atom stereocenters.